The minimum atomic E-state index is -1.21. The number of carbonyl (C=O) groups excluding carboxylic acids is 1. The number of aliphatic hydroxyl groups is 1. The van der Waals surface area contributed by atoms with E-state index in [1.54, 1.807) is 49.2 Å². The summed E-state index contributed by atoms with van der Waals surface area (Å²) in [4.78, 5) is 28.9. The van der Waals surface area contributed by atoms with Crippen molar-refractivity contribution in [2.75, 3.05) is 11.6 Å². The van der Waals surface area contributed by atoms with Crippen molar-refractivity contribution in [3.8, 4) is 11.5 Å². The SMILES string of the molecule is CC(C)N1C(=O)c2c(OCc3ccccc3)c(=O)ccn2N(C(c2ccccc2)c2cc(F)c(F)cc2O)C1CCO. The highest BCUT2D eigenvalue weighted by atomic mass is 19.2. The van der Waals surface area contributed by atoms with Crippen LogP contribution >= 0.6 is 0 Å². The molecule has 5 rings (SSSR count). The number of aromatic hydroxyl groups is 1. The molecule has 8 nitrogen and oxygen atoms in total. The Kier molecular flexibility index (Phi) is 8.26. The van der Waals surface area contributed by atoms with Gasteiger partial charge in [-0.25, -0.2) is 8.78 Å². The van der Waals surface area contributed by atoms with Crippen LogP contribution in [0, 0.1) is 11.6 Å². The molecule has 42 heavy (non-hydrogen) atoms. The molecule has 1 amide bonds. The molecule has 0 bridgehead atoms. The van der Waals surface area contributed by atoms with Crippen LogP contribution in [0.2, 0.25) is 0 Å². The highest BCUT2D eigenvalue weighted by Gasteiger charge is 2.45. The molecule has 0 aliphatic carbocycles. The second-order valence-electron chi connectivity index (χ2n) is 10.3. The molecule has 2 unspecified atom stereocenters. The molecule has 1 aromatic heterocycles. The molecule has 1 aliphatic rings. The number of phenols is 1. The Morgan fingerprint density at radius 1 is 0.929 bits per heavy atom. The number of halogens is 2. The first kappa shape index (κ1) is 28.8. The fraction of sp³-hybridized carbons (Fsp3) is 0.250. The van der Waals surface area contributed by atoms with Gasteiger partial charge in [0.2, 0.25) is 5.43 Å². The van der Waals surface area contributed by atoms with Gasteiger partial charge in [-0.1, -0.05) is 60.7 Å². The predicted molar refractivity (Wildman–Crippen MR) is 153 cm³/mol. The van der Waals surface area contributed by atoms with Gasteiger partial charge in [0.1, 0.15) is 24.6 Å². The smallest absolute Gasteiger partial charge is 0.278 e. The van der Waals surface area contributed by atoms with Crippen LogP contribution in [0.4, 0.5) is 8.78 Å². The number of ether oxygens (including phenoxy) is 1. The number of hydrogen-bond acceptors (Lipinski definition) is 6. The minimum Gasteiger partial charge on any atom is -0.507 e. The first-order valence-electron chi connectivity index (χ1n) is 13.6. The van der Waals surface area contributed by atoms with Crippen molar-refractivity contribution >= 4 is 5.91 Å². The van der Waals surface area contributed by atoms with Crippen LogP contribution in [0.5, 0.6) is 11.5 Å². The van der Waals surface area contributed by atoms with Gasteiger partial charge in [-0.3, -0.25) is 19.3 Å². The van der Waals surface area contributed by atoms with Crippen molar-refractivity contribution in [1.82, 2.24) is 9.58 Å². The molecular formula is C32H31F2N3O5. The maximum atomic E-state index is 14.7. The summed E-state index contributed by atoms with van der Waals surface area (Å²) >= 11 is 0. The number of fused-ring (bicyclic) bond motifs is 1. The van der Waals surface area contributed by atoms with Gasteiger partial charge in [0.15, 0.2) is 23.1 Å². The van der Waals surface area contributed by atoms with Gasteiger partial charge in [-0.15, -0.1) is 0 Å². The summed E-state index contributed by atoms with van der Waals surface area (Å²) in [6.07, 6.45) is 0.667. The average molecular weight is 576 g/mol. The fourth-order valence-corrected chi connectivity index (χ4v) is 5.44. The van der Waals surface area contributed by atoms with E-state index in [1.807, 2.05) is 30.3 Å². The molecule has 0 saturated heterocycles. The molecule has 3 aromatic carbocycles. The van der Waals surface area contributed by atoms with Gasteiger partial charge in [0.25, 0.3) is 5.91 Å². The number of pyridine rings is 1. The van der Waals surface area contributed by atoms with E-state index in [0.717, 1.165) is 11.6 Å². The van der Waals surface area contributed by atoms with Crippen molar-refractivity contribution < 1.29 is 28.5 Å². The van der Waals surface area contributed by atoms with E-state index in [1.165, 1.54) is 21.8 Å². The normalized spacial score (nSPS) is 15.6. The van der Waals surface area contributed by atoms with Crippen LogP contribution in [-0.4, -0.2) is 44.5 Å². The monoisotopic (exact) mass is 575 g/mol. The van der Waals surface area contributed by atoms with Crippen molar-refractivity contribution in [3.63, 3.8) is 0 Å². The molecule has 218 valence electrons. The minimum absolute atomic E-state index is 0.0220. The van der Waals surface area contributed by atoms with Gasteiger partial charge in [0, 0.05) is 43.0 Å². The van der Waals surface area contributed by atoms with Crippen LogP contribution in [-0.2, 0) is 6.61 Å². The van der Waals surface area contributed by atoms with E-state index in [-0.39, 0.29) is 36.6 Å². The number of benzene rings is 3. The molecule has 0 fully saturated rings. The molecular weight excluding hydrogens is 544 g/mol. The van der Waals surface area contributed by atoms with E-state index in [2.05, 4.69) is 0 Å². The topological polar surface area (TPSA) is 95.2 Å². The number of phenolic OH excluding ortho intramolecular Hbond substituents is 1. The van der Waals surface area contributed by atoms with Crippen molar-refractivity contribution in [3.05, 3.63) is 129 Å². The van der Waals surface area contributed by atoms with Crippen molar-refractivity contribution in [2.24, 2.45) is 0 Å². The van der Waals surface area contributed by atoms with Gasteiger partial charge >= 0.3 is 0 Å². The van der Waals surface area contributed by atoms with E-state index >= 15 is 0 Å². The third-order valence-electron chi connectivity index (χ3n) is 7.26. The summed E-state index contributed by atoms with van der Waals surface area (Å²) in [5.74, 6) is -3.55. The maximum Gasteiger partial charge on any atom is 0.278 e. The van der Waals surface area contributed by atoms with Gasteiger partial charge in [-0.2, -0.15) is 0 Å². The Bertz CT molecular complexity index is 1630. The third-order valence-corrected chi connectivity index (χ3v) is 7.26. The summed E-state index contributed by atoms with van der Waals surface area (Å²) in [6, 6.07) is 19.5. The fourth-order valence-electron chi connectivity index (χ4n) is 5.44. The predicted octanol–water partition coefficient (Wildman–Crippen LogP) is 4.71. The van der Waals surface area contributed by atoms with E-state index in [9.17, 15) is 28.6 Å². The standard InChI is InChI=1S/C32H31F2N3O5/c1-20(2)36-28(14-16-38)37(29(22-11-7-4-8-12-22)23-17-24(33)25(34)18-27(23)40)35-15-13-26(39)31(30(35)32(36)41)42-19-21-9-5-3-6-10-21/h3-13,15,17-18,20,28-29,38,40H,14,16,19H2,1-2H3. The van der Waals surface area contributed by atoms with Crippen LogP contribution in [0.15, 0.2) is 89.9 Å². The number of rotatable bonds is 9. The lowest BCUT2D eigenvalue weighted by molar-refractivity contribution is 0.0411. The lowest BCUT2D eigenvalue weighted by Crippen LogP contribution is -2.64. The molecule has 2 atom stereocenters. The molecule has 1 aliphatic heterocycles. The number of nitrogens with zero attached hydrogens (tertiary/aromatic N) is 3. The zero-order valence-corrected chi connectivity index (χ0v) is 23.2. The van der Waals surface area contributed by atoms with E-state index in [0.29, 0.717) is 11.6 Å². The van der Waals surface area contributed by atoms with Crippen LogP contribution in [0.25, 0.3) is 0 Å². The highest BCUT2D eigenvalue weighted by molar-refractivity contribution is 5.97. The maximum absolute atomic E-state index is 14.7. The second kappa shape index (κ2) is 12.0. The second-order valence-corrected chi connectivity index (χ2v) is 10.3. The molecule has 2 heterocycles. The summed E-state index contributed by atoms with van der Waals surface area (Å²) in [5.41, 5.74) is 0.812. The lowest BCUT2D eigenvalue weighted by atomic mass is 9.95. The molecule has 0 saturated carbocycles. The van der Waals surface area contributed by atoms with Crippen molar-refractivity contribution in [1.29, 1.82) is 0 Å². The Labute approximate surface area is 241 Å². The number of aliphatic hydroxyl groups excluding tert-OH is 1. The van der Waals surface area contributed by atoms with Crippen LogP contribution < -0.4 is 15.2 Å². The van der Waals surface area contributed by atoms with E-state index < -0.39 is 47.0 Å². The number of carbonyl (C=O) groups is 1. The Morgan fingerprint density at radius 3 is 2.21 bits per heavy atom. The lowest BCUT2D eigenvalue weighted by Gasteiger charge is -2.51. The zero-order valence-electron chi connectivity index (χ0n) is 23.2. The molecule has 0 radical (unpaired) electrons. The largest absolute Gasteiger partial charge is 0.507 e. The molecule has 2 N–H and O–H groups in total. The molecule has 10 heteroatoms. The first-order valence-corrected chi connectivity index (χ1v) is 13.6. The summed E-state index contributed by atoms with van der Waals surface area (Å²) in [5, 5.41) is 22.7. The quantitative estimate of drug-likeness (QED) is 0.300. The first-order chi connectivity index (χ1) is 20.2. The van der Waals surface area contributed by atoms with Crippen molar-refractivity contribution in [2.45, 2.75) is 45.1 Å². The van der Waals surface area contributed by atoms with E-state index in [4.69, 9.17) is 4.74 Å². The number of aromatic nitrogens is 1. The molecule has 4 aromatic rings. The average Bonchev–Trinajstić information content (AvgIpc) is 2.97. The number of hydrogen-bond donors (Lipinski definition) is 2. The van der Waals surface area contributed by atoms with Gasteiger partial charge < -0.3 is 19.8 Å². The van der Waals surface area contributed by atoms with Crippen LogP contribution in [0.3, 0.4) is 0 Å². The summed E-state index contributed by atoms with van der Waals surface area (Å²) < 4.78 is 36.3. The zero-order chi connectivity index (χ0) is 30.0. The number of amides is 1. The third kappa shape index (κ3) is 5.33. The summed E-state index contributed by atoms with van der Waals surface area (Å²) in [7, 11) is 0. The Balaban J connectivity index is 1.78. The van der Waals surface area contributed by atoms with Gasteiger partial charge in [0.05, 0.1) is 0 Å². The Morgan fingerprint density at radius 2 is 1.57 bits per heavy atom. The van der Waals surface area contributed by atoms with Crippen LogP contribution in [0.1, 0.15) is 53.5 Å². The van der Waals surface area contributed by atoms with Gasteiger partial charge in [-0.05, 0) is 31.0 Å². The molecule has 0 spiro atoms. The summed E-state index contributed by atoms with van der Waals surface area (Å²) in [6.45, 7) is 3.31. The highest BCUT2D eigenvalue weighted by Crippen LogP contribution is 2.40. The Hall–Kier alpha value is -4.70.